The molecule has 29 heavy (non-hydrogen) atoms. The van der Waals surface area contributed by atoms with Crippen molar-refractivity contribution in [3.63, 3.8) is 0 Å². The van der Waals surface area contributed by atoms with Crippen LogP contribution < -0.4 is 10.9 Å². The number of carbonyl (C=O) groups is 2. The molecular weight excluding hydrogens is 366 g/mol. The fraction of sp³-hybridized carbons (Fsp3) is 0.261. The summed E-state index contributed by atoms with van der Waals surface area (Å²) in [6.45, 7) is 6.16. The second-order valence-corrected chi connectivity index (χ2v) is 6.97. The van der Waals surface area contributed by atoms with Crippen LogP contribution in [0.25, 0.3) is 11.3 Å². The Bertz CT molecular complexity index is 1010. The van der Waals surface area contributed by atoms with E-state index in [1.165, 1.54) is 11.1 Å². The predicted octanol–water partition coefficient (Wildman–Crippen LogP) is 3.91. The lowest BCUT2D eigenvalue weighted by Gasteiger charge is -2.07. The van der Waals surface area contributed by atoms with Gasteiger partial charge in [-0.25, -0.2) is 4.98 Å². The van der Waals surface area contributed by atoms with Crippen molar-refractivity contribution in [3.8, 4) is 11.3 Å². The molecule has 0 saturated heterocycles. The molecule has 2 aromatic carbocycles. The summed E-state index contributed by atoms with van der Waals surface area (Å²) in [6.07, 6.45) is 3.07. The molecule has 6 nitrogen and oxygen atoms in total. The van der Waals surface area contributed by atoms with Gasteiger partial charge in [0.2, 0.25) is 5.91 Å². The highest BCUT2D eigenvalue weighted by atomic mass is 16.4. The minimum atomic E-state index is -0.353. The van der Waals surface area contributed by atoms with Crippen LogP contribution in [0.15, 0.2) is 53.1 Å². The number of nitrogens with one attached hydrogen (secondary N) is 2. The molecule has 0 atom stereocenters. The van der Waals surface area contributed by atoms with Gasteiger partial charge in [-0.15, -0.1) is 0 Å². The van der Waals surface area contributed by atoms with Crippen molar-refractivity contribution in [2.75, 3.05) is 0 Å². The normalized spacial score (nSPS) is 10.6. The molecule has 1 heterocycles. The molecule has 1 aromatic heterocycles. The first-order valence-electron chi connectivity index (χ1n) is 9.66. The SMILES string of the molecule is CCc1ccc(C(=O)NNC(=O)CCc2ncc(-c3ccc(C)c(C)c3)o2)cc1. The first-order chi connectivity index (χ1) is 14.0. The lowest BCUT2D eigenvalue weighted by molar-refractivity contribution is -0.121. The number of aromatic nitrogens is 1. The smallest absolute Gasteiger partial charge is 0.269 e. The van der Waals surface area contributed by atoms with E-state index >= 15 is 0 Å². The molecule has 0 radical (unpaired) electrons. The zero-order valence-corrected chi connectivity index (χ0v) is 16.9. The third-order valence-corrected chi connectivity index (χ3v) is 4.85. The van der Waals surface area contributed by atoms with Crippen LogP contribution in [0.1, 0.15) is 46.3 Å². The molecule has 0 unspecified atom stereocenters. The highest BCUT2D eigenvalue weighted by Gasteiger charge is 2.11. The summed E-state index contributed by atoms with van der Waals surface area (Å²) >= 11 is 0. The highest BCUT2D eigenvalue weighted by Crippen LogP contribution is 2.23. The second kappa shape index (κ2) is 9.19. The molecule has 0 aliphatic carbocycles. The largest absolute Gasteiger partial charge is 0.441 e. The molecule has 6 heteroatoms. The number of amides is 2. The monoisotopic (exact) mass is 391 g/mol. The van der Waals surface area contributed by atoms with E-state index in [0.29, 0.717) is 23.6 Å². The van der Waals surface area contributed by atoms with Crippen LogP contribution in [0.5, 0.6) is 0 Å². The number of hydrogen-bond acceptors (Lipinski definition) is 4. The van der Waals surface area contributed by atoms with Crippen molar-refractivity contribution in [1.82, 2.24) is 15.8 Å². The Kier molecular flexibility index (Phi) is 6.44. The van der Waals surface area contributed by atoms with E-state index in [9.17, 15) is 9.59 Å². The average Bonchev–Trinajstić information content (AvgIpc) is 3.21. The third kappa shape index (κ3) is 5.31. The maximum Gasteiger partial charge on any atom is 0.269 e. The zero-order valence-electron chi connectivity index (χ0n) is 16.9. The van der Waals surface area contributed by atoms with Crippen molar-refractivity contribution in [2.24, 2.45) is 0 Å². The molecular formula is C23H25N3O3. The number of aryl methyl sites for hydroxylation is 4. The van der Waals surface area contributed by atoms with E-state index in [-0.39, 0.29) is 18.2 Å². The van der Waals surface area contributed by atoms with E-state index in [4.69, 9.17) is 4.42 Å². The van der Waals surface area contributed by atoms with E-state index < -0.39 is 0 Å². The predicted molar refractivity (Wildman–Crippen MR) is 111 cm³/mol. The van der Waals surface area contributed by atoms with Crippen molar-refractivity contribution in [1.29, 1.82) is 0 Å². The number of oxazole rings is 1. The Hall–Kier alpha value is -3.41. The Morgan fingerprint density at radius 1 is 1.00 bits per heavy atom. The summed E-state index contributed by atoms with van der Waals surface area (Å²) in [5, 5.41) is 0. The van der Waals surface area contributed by atoms with Crippen molar-refractivity contribution >= 4 is 11.8 Å². The van der Waals surface area contributed by atoms with Crippen molar-refractivity contribution in [3.05, 3.63) is 76.8 Å². The maximum absolute atomic E-state index is 12.1. The van der Waals surface area contributed by atoms with E-state index in [0.717, 1.165) is 17.5 Å². The Morgan fingerprint density at radius 2 is 1.76 bits per heavy atom. The first kappa shape index (κ1) is 20.3. The van der Waals surface area contributed by atoms with Gasteiger partial charge in [0.25, 0.3) is 5.91 Å². The van der Waals surface area contributed by atoms with Gasteiger partial charge in [0.15, 0.2) is 11.7 Å². The van der Waals surface area contributed by atoms with Gasteiger partial charge in [-0.3, -0.25) is 20.4 Å². The number of rotatable bonds is 6. The van der Waals surface area contributed by atoms with Gasteiger partial charge < -0.3 is 4.42 Å². The highest BCUT2D eigenvalue weighted by molar-refractivity contribution is 5.95. The molecule has 0 aliphatic rings. The number of nitrogens with zero attached hydrogens (tertiary/aromatic N) is 1. The Balaban J connectivity index is 1.48. The first-order valence-corrected chi connectivity index (χ1v) is 9.66. The summed E-state index contributed by atoms with van der Waals surface area (Å²) in [5.41, 5.74) is 9.85. The summed E-state index contributed by atoms with van der Waals surface area (Å²) in [4.78, 5) is 28.3. The minimum absolute atomic E-state index is 0.155. The van der Waals surface area contributed by atoms with Crippen LogP contribution in [0.4, 0.5) is 0 Å². The van der Waals surface area contributed by atoms with Gasteiger partial charge in [0.05, 0.1) is 6.20 Å². The van der Waals surface area contributed by atoms with Gasteiger partial charge in [0, 0.05) is 24.0 Å². The molecule has 0 fully saturated rings. The van der Waals surface area contributed by atoms with Crippen LogP contribution in [-0.2, 0) is 17.6 Å². The van der Waals surface area contributed by atoms with Gasteiger partial charge >= 0.3 is 0 Å². The van der Waals surface area contributed by atoms with Gasteiger partial charge in [-0.05, 0) is 55.2 Å². The lowest BCUT2D eigenvalue weighted by atomic mass is 10.1. The minimum Gasteiger partial charge on any atom is -0.441 e. The van der Waals surface area contributed by atoms with Gasteiger partial charge in [-0.2, -0.15) is 0 Å². The molecule has 0 bridgehead atoms. The summed E-state index contributed by atoms with van der Waals surface area (Å²) in [5.74, 6) is 0.491. The molecule has 0 spiro atoms. The molecule has 2 amide bonds. The summed E-state index contributed by atoms with van der Waals surface area (Å²) in [6, 6.07) is 13.3. The Morgan fingerprint density at radius 3 is 2.45 bits per heavy atom. The number of benzene rings is 2. The number of carbonyl (C=O) groups excluding carboxylic acids is 2. The molecule has 150 valence electrons. The summed E-state index contributed by atoms with van der Waals surface area (Å²) < 4.78 is 5.75. The lowest BCUT2D eigenvalue weighted by Crippen LogP contribution is -2.41. The third-order valence-electron chi connectivity index (χ3n) is 4.85. The fourth-order valence-electron chi connectivity index (χ4n) is 2.83. The number of hydrogen-bond donors (Lipinski definition) is 2. The quantitative estimate of drug-likeness (QED) is 0.624. The molecule has 0 saturated carbocycles. The molecule has 2 N–H and O–H groups in total. The van der Waals surface area contributed by atoms with Gasteiger partial charge in [0.1, 0.15) is 0 Å². The molecule has 0 aliphatic heterocycles. The van der Waals surface area contributed by atoms with E-state index in [2.05, 4.69) is 28.8 Å². The topological polar surface area (TPSA) is 84.2 Å². The average molecular weight is 391 g/mol. The van der Waals surface area contributed by atoms with E-state index in [1.807, 2.05) is 38.1 Å². The standard InChI is InChI=1S/C23H25N3O3/c1-4-17-6-9-18(10-7-17)23(28)26-25-21(27)11-12-22-24-14-20(29-22)19-8-5-15(2)16(3)13-19/h5-10,13-14H,4,11-12H2,1-3H3,(H,25,27)(H,26,28). The van der Waals surface area contributed by atoms with Crippen LogP contribution in [0.2, 0.25) is 0 Å². The Labute approximate surface area is 170 Å². The van der Waals surface area contributed by atoms with Crippen molar-refractivity contribution in [2.45, 2.75) is 40.0 Å². The maximum atomic E-state index is 12.1. The second-order valence-electron chi connectivity index (χ2n) is 6.97. The van der Waals surface area contributed by atoms with E-state index in [1.54, 1.807) is 18.3 Å². The van der Waals surface area contributed by atoms with Crippen LogP contribution >= 0.6 is 0 Å². The summed E-state index contributed by atoms with van der Waals surface area (Å²) in [7, 11) is 0. The van der Waals surface area contributed by atoms with Crippen molar-refractivity contribution < 1.29 is 14.0 Å². The van der Waals surface area contributed by atoms with Crippen LogP contribution in [-0.4, -0.2) is 16.8 Å². The van der Waals surface area contributed by atoms with Gasteiger partial charge in [-0.1, -0.05) is 31.2 Å². The van der Waals surface area contributed by atoms with Crippen LogP contribution in [0, 0.1) is 13.8 Å². The zero-order chi connectivity index (χ0) is 20.8. The fourth-order valence-corrected chi connectivity index (χ4v) is 2.83. The molecule has 3 aromatic rings. The number of hydrazine groups is 1. The molecule has 3 rings (SSSR count). The van der Waals surface area contributed by atoms with Crippen LogP contribution in [0.3, 0.4) is 0 Å².